The van der Waals surface area contributed by atoms with Crippen LogP contribution in [0.15, 0.2) is 53.4 Å². The van der Waals surface area contributed by atoms with Crippen molar-refractivity contribution in [1.82, 2.24) is 0 Å². The molecule has 0 aliphatic heterocycles. The summed E-state index contributed by atoms with van der Waals surface area (Å²) in [7, 11) is 0. The third kappa shape index (κ3) is 4.36. The van der Waals surface area contributed by atoms with Crippen LogP contribution in [0.4, 0.5) is 5.69 Å². The Morgan fingerprint density at radius 1 is 1.10 bits per heavy atom. The van der Waals surface area contributed by atoms with Crippen molar-refractivity contribution < 1.29 is 9.59 Å². The molecular weight excluding hydrogens is 284 g/mol. The lowest BCUT2D eigenvalue weighted by Crippen LogP contribution is -2.13. The lowest BCUT2D eigenvalue weighted by molar-refractivity contribution is -0.115. The van der Waals surface area contributed by atoms with Gasteiger partial charge in [0, 0.05) is 16.1 Å². The summed E-state index contributed by atoms with van der Waals surface area (Å²) in [5.74, 6) is -0.239. The fourth-order valence-electron chi connectivity index (χ4n) is 1.82. The van der Waals surface area contributed by atoms with Crippen LogP contribution in [-0.4, -0.2) is 17.6 Å². The molecule has 2 aromatic carbocycles. The zero-order valence-electron chi connectivity index (χ0n) is 11.6. The normalized spacial score (nSPS) is 10.1. The number of amides is 2. The van der Waals surface area contributed by atoms with Crippen molar-refractivity contribution in [3.8, 4) is 0 Å². The highest BCUT2D eigenvalue weighted by atomic mass is 32.2. The summed E-state index contributed by atoms with van der Waals surface area (Å²) in [5.41, 5.74) is 7.40. The molecule has 0 aliphatic carbocycles. The second-order valence-electron chi connectivity index (χ2n) is 4.55. The van der Waals surface area contributed by atoms with Crippen LogP contribution in [0.5, 0.6) is 0 Å². The van der Waals surface area contributed by atoms with Crippen LogP contribution in [0.3, 0.4) is 0 Å². The van der Waals surface area contributed by atoms with Gasteiger partial charge in [0.25, 0.3) is 5.91 Å². The van der Waals surface area contributed by atoms with Gasteiger partial charge in [-0.25, -0.2) is 0 Å². The molecule has 0 aromatic heterocycles. The molecule has 0 unspecified atom stereocenters. The van der Waals surface area contributed by atoms with Crippen LogP contribution in [-0.2, 0) is 4.79 Å². The molecule has 0 fully saturated rings. The van der Waals surface area contributed by atoms with E-state index in [0.29, 0.717) is 11.3 Å². The van der Waals surface area contributed by atoms with E-state index in [1.54, 1.807) is 18.2 Å². The van der Waals surface area contributed by atoms with Crippen molar-refractivity contribution in [1.29, 1.82) is 0 Å². The number of hydrogen-bond acceptors (Lipinski definition) is 3. The highest BCUT2D eigenvalue weighted by Gasteiger charge is 2.08. The highest BCUT2D eigenvalue weighted by Crippen LogP contribution is 2.20. The zero-order chi connectivity index (χ0) is 15.2. The molecule has 2 aromatic rings. The zero-order valence-corrected chi connectivity index (χ0v) is 12.4. The molecule has 0 saturated carbocycles. The van der Waals surface area contributed by atoms with E-state index in [-0.39, 0.29) is 17.6 Å². The molecule has 3 N–H and O–H groups in total. The molecule has 5 heteroatoms. The van der Waals surface area contributed by atoms with Gasteiger partial charge in [-0.3, -0.25) is 9.59 Å². The summed E-state index contributed by atoms with van der Waals surface area (Å²) in [5, 5.41) is 2.85. The topological polar surface area (TPSA) is 72.2 Å². The minimum atomic E-state index is -0.350. The number of rotatable bonds is 5. The van der Waals surface area contributed by atoms with Gasteiger partial charge in [0.15, 0.2) is 0 Å². The molecule has 2 rings (SSSR count). The summed E-state index contributed by atoms with van der Waals surface area (Å²) in [4.78, 5) is 23.8. The molecular formula is C16H16N2O2S. The SMILES string of the molecule is Cc1ccccc1C(=O)Nc1ccc(SCC(N)=O)cc1. The van der Waals surface area contributed by atoms with Gasteiger partial charge in [-0.2, -0.15) is 0 Å². The second kappa shape index (κ2) is 6.95. The Bertz CT molecular complexity index is 654. The molecule has 0 spiro atoms. The lowest BCUT2D eigenvalue weighted by Gasteiger charge is -2.08. The fraction of sp³-hybridized carbons (Fsp3) is 0.125. The average Bonchev–Trinajstić information content (AvgIpc) is 2.47. The third-order valence-corrected chi connectivity index (χ3v) is 3.92. The van der Waals surface area contributed by atoms with Crippen LogP contribution in [0, 0.1) is 6.92 Å². The van der Waals surface area contributed by atoms with Gasteiger partial charge in [0.05, 0.1) is 5.75 Å². The quantitative estimate of drug-likeness (QED) is 0.834. The van der Waals surface area contributed by atoms with Gasteiger partial charge in [0.2, 0.25) is 5.91 Å². The van der Waals surface area contributed by atoms with Crippen LogP contribution in [0.1, 0.15) is 15.9 Å². The first kappa shape index (κ1) is 15.1. The van der Waals surface area contributed by atoms with Gasteiger partial charge in [-0.15, -0.1) is 11.8 Å². The van der Waals surface area contributed by atoms with Gasteiger partial charge in [0.1, 0.15) is 0 Å². The Morgan fingerprint density at radius 2 is 1.76 bits per heavy atom. The number of nitrogens with two attached hydrogens (primary N) is 1. The molecule has 0 bridgehead atoms. The number of carbonyl (C=O) groups is 2. The average molecular weight is 300 g/mol. The molecule has 108 valence electrons. The summed E-state index contributed by atoms with van der Waals surface area (Å²) in [6.45, 7) is 1.90. The maximum atomic E-state index is 12.2. The second-order valence-corrected chi connectivity index (χ2v) is 5.60. The Balaban J connectivity index is 2.02. The number of primary amides is 1. The predicted octanol–water partition coefficient (Wildman–Crippen LogP) is 2.82. The van der Waals surface area contributed by atoms with Crippen molar-refractivity contribution in [2.24, 2.45) is 5.73 Å². The van der Waals surface area contributed by atoms with E-state index in [0.717, 1.165) is 10.5 Å². The Kier molecular flexibility index (Phi) is 5.00. The lowest BCUT2D eigenvalue weighted by atomic mass is 10.1. The minimum absolute atomic E-state index is 0.134. The Hall–Kier alpha value is -2.27. The van der Waals surface area contributed by atoms with E-state index in [9.17, 15) is 9.59 Å². The summed E-state index contributed by atoms with van der Waals surface area (Å²) in [6, 6.07) is 14.7. The molecule has 0 heterocycles. The number of anilines is 1. The van der Waals surface area contributed by atoms with E-state index in [2.05, 4.69) is 5.32 Å². The van der Waals surface area contributed by atoms with E-state index in [1.165, 1.54) is 11.8 Å². The maximum Gasteiger partial charge on any atom is 0.255 e. The van der Waals surface area contributed by atoms with Crippen molar-refractivity contribution >= 4 is 29.3 Å². The van der Waals surface area contributed by atoms with Crippen LogP contribution in [0.25, 0.3) is 0 Å². The smallest absolute Gasteiger partial charge is 0.255 e. The standard InChI is InChI=1S/C16H16N2O2S/c1-11-4-2-3-5-14(11)16(20)18-12-6-8-13(9-7-12)21-10-15(17)19/h2-9H,10H2,1H3,(H2,17,19)(H,18,20). The first-order chi connectivity index (χ1) is 10.1. The number of aryl methyl sites for hydroxylation is 1. The van der Waals surface area contributed by atoms with E-state index >= 15 is 0 Å². The van der Waals surface area contributed by atoms with Crippen molar-refractivity contribution in [3.63, 3.8) is 0 Å². The number of thioether (sulfide) groups is 1. The maximum absolute atomic E-state index is 12.2. The summed E-state index contributed by atoms with van der Waals surface area (Å²) < 4.78 is 0. The van der Waals surface area contributed by atoms with Crippen molar-refractivity contribution in [2.45, 2.75) is 11.8 Å². The summed E-state index contributed by atoms with van der Waals surface area (Å²) >= 11 is 1.37. The molecule has 0 saturated heterocycles. The van der Waals surface area contributed by atoms with Gasteiger partial charge >= 0.3 is 0 Å². The van der Waals surface area contributed by atoms with E-state index < -0.39 is 0 Å². The number of carbonyl (C=O) groups excluding carboxylic acids is 2. The molecule has 0 atom stereocenters. The largest absolute Gasteiger partial charge is 0.369 e. The van der Waals surface area contributed by atoms with E-state index in [4.69, 9.17) is 5.73 Å². The van der Waals surface area contributed by atoms with Gasteiger partial charge < -0.3 is 11.1 Å². The van der Waals surface area contributed by atoms with E-state index in [1.807, 2.05) is 37.3 Å². The number of hydrogen-bond donors (Lipinski definition) is 2. The molecule has 0 radical (unpaired) electrons. The molecule has 4 nitrogen and oxygen atoms in total. The Morgan fingerprint density at radius 3 is 2.38 bits per heavy atom. The predicted molar refractivity (Wildman–Crippen MR) is 85.5 cm³/mol. The molecule has 21 heavy (non-hydrogen) atoms. The third-order valence-electron chi connectivity index (χ3n) is 2.88. The monoisotopic (exact) mass is 300 g/mol. The summed E-state index contributed by atoms with van der Waals surface area (Å²) in [6.07, 6.45) is 0. The Labute approximate surface area is 127 Å². The van der Waals surface area contributed by atoms with Crippen LogP contribution >= 0.6 is 11.8 Å². The number of nitrogens with one attached hydrogen (secondary N) is 1. The minimum Gasteiger partial charge on any atom is -0.369 e. The fourth-order valence-corrected chi connectivity index (χ4v) is 2.45. The first-order valence-corrected chi connectivity index (χ1v) is 7.43. The molecule has 2 amide bonds. The van der Waals surface area contributed by atoms with Crippen molar-refractivity contribution in [2.75, 3.05) is 11.1 Å². The highest BCUT2D eigenvalue weighted by molar-refractivity contribution is 8.00. The van der Waals surface area contributed by atoms with Crippen molar-refractivity contribution in [3.05, 3.63) is 59.7 Å². The first-order valence-electron chi connectivity index (χ1n) is 6.44. The van der Waals surface area contributed by atoms with Crippen LogP contribution < -0.4 is 11.1 Å². The van der Waals surface area contributed by atoms with Gasteiger partial charge in [-0.05, 0) is 42.8 Å². The van der Waals surface area contributed by atoms with Crippen LogP contribution in [0.2, 0.25) is 0 Å². The molecule has 0 aliphatic rings. The number of benzene rings is 2. The van der Waals surface area contributed by atoms with Gasteiger partial charge in [-0.1, -0.05) is 18.2 Å².